The minimum Gasteiger partial charge on any atom is -0.469 e. The normalized spacial score (nSPS) is 24.1. The summed E-state index contributed by atoms with van der Waals surface area (Å²) in [5.74, 6) is 0.844. The van der Waals surface area contributed by atoms with Crippen LogP contribution in [0.4, 0.5) is 0 Å². The Morgan fingerprint density at radius 1 is 1.30 bits per heavy atom. The molecule has 5 nitrogen and oxygen atoms in total. The first kappa shape index (κ1) is 14.5. The molecule has 0 spiro atoms. The second kappa shape index (κ2) is 5.81. The van der Waals surface area contributed by atoms with Crippen molar-refractivity contribution in [1.29, 1.82) is 0 Å². The van der Waals surface area contributed by atoms with E-state index in [0.717, 1.165) is 32.5 Å². The van der Waals surface area contributed by atoms with Crippen molar-refractivity contribution in [3.8, 4) is 0 Å². The van der Waals surface area contributed by atoms with Crippen molar-refractivity contribution in [3.63, 3.8) is 0 Å². The van der Waals surface area contributed by atoms with Crippen LogP contribution in [0.15, 0.2) is 41.3 Å². The zero-order chi connectivity index (χ0) is 15.8. The predicted octanol–water partition coefficient (Wildman–Crippen LogP) is 2.47. The molecule has 0 aliphatic carbocycles. The van der Waals surface area contributed by atoms with Gasteiger partial charge in [0.1, 0.15) is 5.76 Å². The van der Waals surface area contributed by atoms with Gasteiger partial charge in [0.2, 0.25) is 0 Å². The number of rotatable bonds is 3. The topological polar surface area (TPSA) is 49.6 Å². The largest absolute Gasteiger partial charge is 0.469 e. The number of hydrogen-bond acceptors (Lipinski definition) is 4. The van der Waals surface area contributed by atoms with Crippen LogP contribution in [0, 0.1) is 6.92 Å². The molecule has 2 unspecified atom stereocenters. The molecule has 4 rings (SSSR count). The molecular weight excluding hydrogens is 290 g/mol. The number of nitrogens with zero attached hydrogens (tertiary/aromatic N) is 3. The SMILES string of the molecule is Cc1occc1C(=O)N1C2CCC1CN(Cc1cccnc1)C2. The van der Waals surface area contributed by atoms with Gasteiger partial charge in [-0.05, 0) is 37.5 Å². The van der Waals surface area contributed by atoms with Crippen molar-refractivity contribution < 1.29 is 9.21 Å². The number of aromatic nitrogens is 1. The Hall–Kier alpha value is -2.14. The molecule has 0 N–H and O–H groups in total. The molecule has 5 heteroatoms. The molecule has 0 aromatic carbocycles. The lowest BCUT2D eigenvalue weighted by molar-refractivity contribution is 0.0403. The first-order chi connectivity index (χ1) is 11.2. The molecule has 0 saturated carbocycles. The molecule has 2 bridgehead atoms. The first-order valence-electron chi connectivity index (χ1n) is 8.20. The fraction of sp³-hybridized carbons (Fsp3) is 0.444. The van der Waals surface area contributed by atoms with E-state index < -0.39 is 0 Å². The number of amides is 1. The Morgan fingerprint density at radius 3 is 2.70 bits per heavy atom. The summed E-state index contributed by atoms with van der Waals surface area (Å²) < 4.78 is 5.30. The lowest BCUT2D eigenvalue weighted by Gasteiger charge is -2.41. The van der Waals surface area contributed by atoms with Gasteiger partial charge in [0.05, 0.1) is 11.8 Å². The van der Waals surface area contributed by atoms with E-state index in [4.69, 9.17) is 4.42 Å². The molecule has 23 heavy (non-hydrogen) atoms. The van der Waals surface area contributed by atoms with Gasteiger partial charge < -0.3 is 9.32 Å². The summed E-state index contributed by atoms with van der Waals surface area (Å²) in [5, 5.41) is 0. The standard InChI is InChI=1S/C18H21N3O2/c1-13-17(6-8-23-13)18(22)21-15-4-5-16(21)12-20(11-15)10-14-3-2-7-19-9-14/h2-3,6-9,15-16H,4-5,10-12H2,1H3. The van der Waals surface area contributed by atoms with Gasteiger partial charge in [0.25, 0.3) is 5.91 Å². The van der Waals surface area contributed by atoms with Gasteiger partial charge in [-0.1, -0.05) is 6.07 Å². The number of aryl methyl sites for hydroxylation is 1. The third-order valence-electron chi connectivity index (χ3n) is 5.01. The van der Waals surface area contributed by atoms with Crippen LogP contribution in [0.1, 0.15) is 34.5 Å². The molecule has 1 amide bonds. The minimum absolute atomic E-state index is 0.129. The zero-order valence-corrected chi connectivity index (χ0v) is 13.3. The van der Waals surface area contributed by atoms with Gasteiger partial charge in [0.15, 0.2) is 0 Å². The van der Waals surface area contributed by atoms with Crippen LogP contribution >= 0.6 is 0 Å². The Labute approximate surface area is 135 Å². The molecule has 2 fully saturated rings. The Kier molecular flexibility index (Phi) is 3.65. The zero-order valence-electron chi connectivity index (χ0n) is 13.3. The minimum atomic E-state index is 0.129. The second-order valence-corrected chi connectivity index (χ2v) is 6.54. The molecule has 2 aliphatic heterocycles. The van der Waals surface area contributed by atoms with Crippen LogP contribution in [-0.2, 0) is 6.54 Å². The third-order valence-corrected chi connectivity index (χ3v) is 5.01. The van der Waals surface area contributed by atoms with E-state index in [2.05, 4.69) is 20.9 Å². The third kappa shape index (κ3) is 2.65. The van der Waals surface area contributed by atoms with E-state index in [0.29, 0.717) is 23.4 Å². The average molecular weight is 311 g/mol. The van der Waals surface area contributed by atoms with Crippen LogP contribution in [0.5, 0.6) is 0 Å². The molecule has 2 atom stereocenters. The number of furan rings is 1. The van der Waals surface area contributed by atoms with E-state index in [1.54, 1.807) is 18.5 Å². The van der Waals surface area contributed by atoms with Crippen LogP contribution in [-0.4, -0.2) is 45.9 Å². The number of carbonyl (C=O) groups excluding carboxylic acids is 1. The molecule has 2 aliphatic rings. The maximum Gasteiger partial charge on any atom is 0.257 e. The van der Waals surface area contributed by atoms with Gasteiger partial charge in [-0.2, -0.15) is 0 Å². The second-order valence-electron chi connectivity index (χ2n) is 6.54. The molecular formula is C18H21N3O2. The Morgan fingerprint density at radius 2 is 2.09 bits per heavy atom. The van der Waals surface area contributed by atoms with Crippen LogP contribution < -0.4 is 0 Å². The summed E-state index contributed by atoms with van der Waals surface area (Å²) in [7, 11) is 0. The van der Waals surface area contributed by atoms with E-state index in [9.17, 15) is 4.79 Å². The Bertz CT molecular complexity index is 683. The maximum absolute atomic E-state index is 12.8. The number of fused-ring (bicyclic) bond motifs is 2. The highest BCUT2D eigenvalue weighted by molar-refractivity contribution is 5.95. The van der Waals surface area contributed by atoms with Crippen molar-refractivity contribution >= 4 is 5.91 Å². The smallest absolute Gasteiger partial charge is 0.257 e. The average Bonchev–Trinajstić information content (AvgIpc) is 3.09. The maximum atomic E-state index is 12.8. The highest BCUT2D eigenvalue weighted by Crippen LogP contribution is 2.32. The van der Waals surface area contributed by atoms with Crippen LogP contribution in [0.2, 0.25) is 0 Å². The number of likely N-dealkylation sites (tertiary alicyclic amines) is 1. The number of piperazine rings is 1. The molecule has 4 heterocycles. The van der Waals surface area contributed by atoms with E-state index >= 15 is 0 Å². The van der Waals surface area contributed by atoms with Gasteiger partial charge >= 0.3 is 0 Å². The molecule has 2 aromatic rings. The summed E-state index contributed by atoms with van der Waals surface area (Å²) in [6.45, 7) is 4.64. The number of hydrogen-bond donors (Lipinski definition) is 0. The summed E-state index contributed by atoms with van der Waals surface area (Å²) >= 11 is 0. The summed E-state index contributed by atoms with van der Waals surface area (Å²) in [4.78, 5) is 21.6. The lowest BCUT2D eigenvalue weighted by atomic mass is 10.1. The van der Waals surface area contributed by atoms with Crippen LogP contribution in [0.25, 0.3) is 0 Å². The van der Waals surface area contributed by atoms with Crippen molar-refractivity contribution in [3.05, 3.63) is 53.7 Å². The number of pyridine rings is 1. The first-order valence-corrected chi connectivity index (χ1v) is 8.20. The summed E-state index contributed by atoms with van der Waals surface area (Å²) in [6.07, 6.45) is 7.52. The molecule has 0 radical (unpaired) electrons. The monoisotopic (exact) mass is 311 g/mol. The summed E-state index contributed by atoms with van der Waals surface area (Å²) in [5.41, 5.74) is 1.94. The fourth-order valence-corrected chi connectivity index (χ4v) is 3.95. The quantitative estimate of drug-likeness (QED) is 0.874. The lowest BCUT2D eigenvalue weighted by Crippen LogP contribution is -2.55. The Balaban J connectivity index is 1.48. The summed E-state index contributed by atoms with van der Waals surface area (Å²) in [6, 6.07) is 6.51. The molecule has 2 saturated heterocycles. The van der Waals surface area contributed by atoms with Gasteiger partial charge in [-0.3, -0.25) is 14.7 Å². The van der Waals surface area contributed by atoms with E-state index in [-0.39, 0.29) is 5.91 Å². The van der Waals surface area contributed by atoms with Crippen molar-refractivity contribution in [2.75, 3.05) is 13.1 Å². The number of carbonyl (C=O) groups is 1. The fourth-order valence-electron chi connectivity index (χ4n) is 3.95. The van der Waals surface area contributed by atoms with Gasteiger partial charge in [-0.25, -0.2) is 0 Å². The van der Waals surface area contributed by atoms with Crippen molar-refractivity contribution in [2.45, 2.75) is 38.4 Å². The van der Waals surface area contributed by atoms with E-state index in [1.807, 2.05) is 19.2 Å². The molecule has 2 aromatic heterocycles. The highest BCUT2D eigenvalue weighted by atomic mass is 16.3. The van der Waals surface area contributed by atoms with E-state index in [1.165, 1.54) is 5.56 Å². The highest BCUT2D eigenvalue weighted by Gasteiger charge is 2.43. The van der Waals surface area contributed by atoms with Crippen LogP contribution in [0.3, 0.4) is 0 Å². The molecule has 120 valence electrons. The van der Waals surface area contributed by atoms with Crippen molar-refractivity contribution in [1.82, 2.24) is 14.8 Å². The van der Waals surface area contributed by atoms with Gasteiger partial charge in [0, 0.05) is 44.1 Å². The predicted molar refractivity (Wildman–Crippen MR) is 85.9 cm³/mol. The van der Waals surface area contributed by atoms with Gasteiger partial charge in [-0.15, -0.1) is 0 Å². The van der Waals surface area contributed by atoms with Crippen molar-refractivity contribution in [2.24, 2.45) is 0 Å².